The molecule has 122 valence electrons. The molecule has 23 heavy (non-hydrogen) atoms. The van der Waals surface area contributed by atoms with Gasteiger partial charge in [-0.25, -0.2) is 4.98 Å². The Kier molecular flexibility index (Phi) is 5.25. The Labute approximate surface area is 140 Å². The van der Waals surface area contributed by atoms with Gasteiger partial charge in [0.15, 0.2) is 0 Å². The maximum absolute atomic E-state index is 12.8. The third-order valence-corrected chi connectivity index (χ3v) is 4.73. The van der Waals surface area contributed by atoms with E-state index in [0.29, 0.717) is 24.0 Å². The average Bonchev–Trinajstić information content (AvgIpc) is 3.13. The van der Waals surface area contributed by atoms with Gasteiger partial charge in [0.2, 0.25) is 0 Å². The molecule has 1 amide bonds. The number of carbonyl (C=O) groups excluding carboxylic acids is 1. The lowest BCUT2D eigenvalue weighted by Gasteiger charge is -2.33. The zero-order chi connectivity index (χ0) is 16.1. The van der Waals surface area contributed by atoms with Crippen LogP contribution in [-0.4, -0.2) is 42.0 Å². The Morgan fingerprint density at radius 1 is 1.48 bits per heavy atom. The molecule has 6 heteroatoms. The summed E-state index contributed by atoms with van der Waals surface area (Å²) in [5.41, 5.74) is 3.28. The molecule has 1 aliphatic rings. The molecule has 1 aromatic heterocycles. The van der Waals surface area contributed by atoms with Gasteiger partial charge in [-0.1, -0.05) is 12.1 Å². The Morgan fingerprint density at radius 3 is 3.13 bits per heavy atom. The summed E-state index contributed by atoms with van der Waals surface area (Å²) >= 11 is 1.54. The number of piperidine rings is 1. The number of thiazole rings is 1. The predicted octanol–water partition coefficient (Wildman–Crippen LogP) is 2.55. The molecule has 1 N–H and O–H groups in total. The predicted molar refractivity (Wildman–Crippen MR) is 90.9 cm³/mol. The highest BCUT2D eigenvalue weighted by Gasteiger charge is 2.25. The van der Waals surface area contributed by atoms with Crippen LogP contribution >= 0.6 is 11.3 Å². The van der Waals surface area contributed by atoms with Crippen molar-refractivity contribution < 1.29 is 9.53 Å². The van der Waals surface area contributed by atoms with Crippen LogP contribution in [0.3, 0.4) is 0 Å². The molecule has 0 saturated carbocycles. The molecule has 1 fully saturated rings. The van der Waals surface area contributed by atoms with E-state index in [4.69, 9.17) is 4.74 Å². The zero-order valence-electron chi connectivity index (χ0n) is 13.2. The average molecular weight is 331 g/mol. The van der Waals surface area contributed by atoms with Crippen molar-refractivity contribution >= 4 is 17.2 Å². The quantitative estimate of drug-likeness (QED) is 0.915. The first-order chi connectivity index (χ1) is 11.3. The fraction of sp³-hybridized carbons (Fsp3) is 0.412. The molecule has 1 aliphatic heterocycles. The number of likely N-dealkylation sites (N-methyl/N-ethyl adjacent to an activating group) is 1. The number of nitrogens with zero attached hydrogens (tertiary/aromatic N) is 2. The van der Waals surface area contributed by atoms with Gasteiger partial charge in [0.25, 0.3) is 5.91 Å². The zero-order valence-corrected chi connectivity index (χ0v) is 14.0. The van der Waals surface area contributed by atoms with E-state index >= 15 is 0 Å². The summed E-state index contributed by atoms with van der Waals surface area (Å²) in [6.45, 7) is 1.93. The first kappa shape index (κ1) is 16.0. The van der Waals surface area contributed by atoms with Crippen LogP contribution in [-0.2, 0) is 6.61 Å². The van der Waals surface area contributed by atoms with Crippen LogP contribution in [0, 0.1) is 0 Å². The van der Waals surface area contributed by atoms with E-state index in [1.165, 1.54) is 11.3 Å². The second-order valence-corrected chi connectivity index (χ2v) is 6.36. The van der Waals surface area contributed by atoms with Gasteiger partial charge in [0, 0.05) is 24.5 Å². The number of hydrogen-bond donors (Lipinski definition) is 1. The molecular formula is C17H21N3O2S. The molecule has 0 radical (unpaired) electrons. The monoisotopic (exact) mass is 331 g/mol. The first-order valence-electron chi connectivity index (χ1n) is 7.83. The van der Waals surface area contributed by atoms with E-state index in [9.17, 15) is 4.79 Å². The van der Waals surface area contributed by atoms with Crippen molar-refractivity contribution in [2.45, 2.75) is 25.5 Å². The van der Waals surface area contributed by atoms with Crippen LogP contribution in [0.1, 0.15) is 28.9 Å². The molecule has 1 atom stereocenters. The molecule has 0 aliphatic carbocycles. The highest BCUT2D eigenvalue weighted by Crippen LogP contribution is 2.23. The summed E-state index contributed by atoms with van der Waals surface area (Å²) in [5, 5.41) is 5.22. The minimum atomic E-state index is 0.0406. The van der Waals surface area contributed by atoms with E-state index in [2.05, 4.69) is 10.3 Å². The highest BCUT2D eigenvalue weighted by molar-refractivity contribution is 7.07. The molecule has 3 rings (SSSR count). The summed E-state index contributed by atoms with van der Waals surface area (Å²) in [5.74, 6) is 0.663. The summed E-state index contributed by atoms with van der Waals surface area (Å²) < 4.78 is 5.83. The number of likely N-dealkylation sites (tertiary alicyclic amines) is 1. The minimum Gasteiger partial charge on any atom is -0.486 e. The number of aromatic nitrogens is 1. The second kappa shape index (κ2) is 7.57. The van der Waals surface area contributed by atoms with Crippen molar-refractivity contribution in [1.82, 2.24) is 15.2 Å². The van der Waals surface area contributed by atoms with Crippen LogP contribution in [0.4, 0.5) is 0 Å². The van der Waals surface area contributed by atoms with Crippen molar-refractivity contribution in [2.24, 2.45) is 0 Å². The van der Waals surface area contributed by atoms with E-state index in [1.54, 1.807) is 5.51 Å². The molecule has 5 nitrogen and oxygen atoms in total. The number of ether oxygens (including phenoxy) is 1. The van der Waals surface area contributed by atoms with Crippen molar-refractivity contribution in [3.8, 4) is 5.75 Å². The van der Waals surface area contributed by atoms with Crippen LogP contribution in [0.2, 0.25) is 0 Å². The topological polar surface area (TPSA) is 54.5 Å². The van der Waals surface area contributed by atoms with Crippen LogP contribution in [0.25, 0.3) is 0 Å². The number of hydrogen-bond acceptors (Lipinski definition) is 5. The van der Waals surface area contributed by atoms with E-state index < -0.39 is 0 Å². The van der Waals surface area contributed by atoms with E-state index in [-0.39, 0.29) is 5.91 Å². The van der Waals surface area contributed by atoms with E-state index in [1.807, 2.05) is 41.6 Å². The third kappa shape index (κ3) is 3.89. The molecule has 2 heterocycles. The van der Waals surface area contributed by atoms with Gasteiger partial charge >= 0.3 is 0 Å². The maximum atomic E-state index is 12.8. The lowest BCUT2D eigenvalue weighted by molar-refractivity contribution is 0.0693. The third-order valence-electron chi connectivity index (χ3n) is 4.09. The molecule has 2 aromatic rings. The van der Waals surface area contributed by atoms with Gasteiger partial charge in [0.05, 0.1) is 16.8 Å². The molecular weight excluding hydrogens is 310 g/mol. The van der Waals surface area contributed by atoms with Gasteiger partial charge in [-0.3, -0.25) is 4.79 Å². The highest BCUT2D eigenvalue weighted by atomic mass is 32.1. The number of rotatable bonds is 5. The number of benzene rings is 1. The number of amides is 1. The molecule has 1 unspecified atom stereocenters. The van der Waals surface area contributed by atoms with Gasteiger partial charge in [-0.15, -0.1) is 11.3 Å². The first-order valence-corrected chi connectivity index (χ1v) is 8.77. The number of para-hydroxylation sites is 1. The van der Waals surface area contributed by atoms with Crippen LogP contribution < -0.4 is 10.1 Å². The van der Waals surface area contributed by atoms with Crippen molar-refractivity contribution in [2.75, 3.05) is 20.1 Å². The minimum absolute atomic E-state index is 0.0406. The van der Waals surface area contributed by atoms with Gasteiger partial charge in [-0.05, 0) is 32.0 Å². The lowest BCUT2D eigenvalue weighted by Crippen LogP contribution is -2.47. The van der Waals surface area contributed by atoms with Gasteiger partial charge in [0.1, 0.15) is 12.4 Å². The Hall–Kier alpha value is -1.92. The largest absolute Gasteiger partial charge is 0.486 e. The van der Waals surface area contributed by atoms with E-state index in [0.717, 1.165) is 31.6 Å². The lowest BCUT2D eigenvalue weighted by atomic mass is 10.0. The summed E-state index contributed by atoms with van der Waals surface area (Å²) in [7, 11) is 1.95. The summed E-state index contributed by atoms with van der Waals surface area (Å²) in [4.78, 5) is 19.0. The fourth-order valence-corrected chi connectivity index (χ4v) is 3.34. The smallest absolute Gasteiger partial charge is 0.257 e. The Bertz CT molecular complexity index is 645. The maximum Gasteiger partial charge on any atom is 0.257 e. The van der Waals surface area contributed by atoms with Crippen LogP contribution in [0.5, 0.6) is 5.75 Å². The Morgan fingerprint density at radius 2 is 2.35 bits per heavy atom. The standard InChI is InChI=1S/C17H21N3O2S/c1-18-13-5-4-8-20(9-13)17(21)15-6-2-3-7-16(15)22-10-14-11-23-12-19-14/h2-3,6-7,11-13,18H,4-5,8-10H2,1H3. The summed E-state index contributed by atoms with van der Waals surface area (Å²) in [6, 6.07) is 7.82. The normalized spacial score (nSPS) is 18.0. The molecule has 0 bridgehead atoms. The summed E-state index contributed by atoms with van der Waals surface area (Å²) in [6.07, 6.45) is 2.14. The fourth-order valence-electron chi connectivity index (χ4n) is 2.80. The van der Waals surface area contributed by atoms with Gasteiger partial charge < -0.3 is 15.0 Å². The molecule has 0 spiro atoms. The molecule has 1 saturated heterocycles. The van der Waals surface area contributed by atoms with Crippen molar-refractivity contribution in [1.29, 1.82) is 0 Å². The Balaban J connectivity index is 1.72. The van der Waals surface area contributed by atoms with Crippen molar-refractivity contribution in [3.05, 3.63) is 46.4 Å². The number of carbonyl (C=O) groups is 1. The second-order valence-electron chi connectivity index (χ2n) is 5.64. The number of nitrogens with one attached hydrogen (secondary N) is 1. The van der Waals surface area contributed by atoms with Gasteiger partial charge in [-0.2, -0.15) is 0 Å². The molecule has 1 aromatic carbocycles. The van der Waals surface area contributed by atoms with Crippen LogP contribution in [0.15, 0.2) is 35.2 Å². The van der Waals surface area contributed by atoms with Crippen molar-refractivity contribution in [3.63, 3.8) is 0 Å². The SMILES string of the molecule is CNC1CCCN(C(=O)c2ccccc2OCc2cscn2)C1.